The molecule has 0 bridgehead atoms. The van der Waals surface area contributed by atoms with Crippen LogP contribution in [0.2, 0.25) is 0 Å². The van der Waals surface area contributed by atoms with E-state index in [1.807, 2.05) is 0 Å². The first-order chi connectivity index (χ1) is 9.16. The van der Waals surface area contributed by atoms with E-state index in [1.165, 1.54) is 6.07 Å². The van der Waals surface area contributed by atoms with Crippen molar-refractivity contribution in [1.82, 2.24) is 5.32 Å². The molecule has 0 aromatic heterocycles. The zero-order chi connectivity index (χ0) is 13.7. The molecule has 0 saturated carbocycles. The topological polar surface area (TPSA) is 41.5 Å². The largest absolute Gasteiger partial charge is 0.490 e. The van der Waals surface area contributed by atoms with Crippen LogP contribution < -0.4 is 10.1 Å². The van der Waals surface area contributed by atoms with Crippen molar-refractivity contribution in [3.8, 4) is 5.75 Å². The number of aliphatic hydroxyl groups excluding tert-OH is 1. The van der Waals surface area contributed by atoms with Crippen molar-refractivity contribution in [2.24, 2.45) is 5.92 Å². The van der Waals surface area contributed by atoms with Crippen LogP contribution in [0.5, 0.6) is 5.75 Å². The Bertz CT molecular complexity index is 408. The summed E-state index contributed by atoms with van der Waals surface area (Å²) in [6, 6.07) is 3.20. The Morgan fingerprint density at radius 2 is 2.26 bits per heavy atom. The minimum absolute atomic E-state index is 0.0235. The van der Waals surface area contributed by atoms with Gasteiger partial charge in [-0.15, -0.1) is 0 Å². The minimum Gasteiger partial charge on any atom is -0.490 e. The molecule has 1 heterocycles. The van der Waals surface area contributed by atoms with Gasteiger partial charge in [0.2, 0.25) is 0 Å². The molecule has 1 saturated heterocycles. The molecule has 106 valence electrons. The van der Waals surface area contributed by atoms with Crippen LogP contribution in [-0.4, -0.2) is 30.9 Å². The summed E-state index contributed by atoms with van der Waals surface area (Å²) in [7, 11) is 0. The van der Waals surface area contributed by atoms with Gasteiger partial charge in [-0.2, -0.15) is 0 Å². The van der Waals surface area contributed by atoms with E-state index in [4.69, 9.17) is 4.74 Å². The van der Waals surface area contributed by atoms with Crippen LogP contribution >= 0.6 is 0 Å². The molecule has 3 nitrogen and oxygen atoms in total. The quantitative estimate of drug-likeness (QED) is 0.861. The second-order valence-corrected chi connectivity index (χ2v) is 4.89. The predicted molar refractivity (Wildman–Crippen MR) is 68.1 cm³/mol. The van der Waals surface area contributed by atoms with E-state index in [2.05, 4.69) is 5.32 Å². The highest BCUT2D eigenvalue weighted by Gasteiger charge is 2.21. The third-order valence-corrected chi connectivity index (χ3v) is 3.44. The Labute approximate surface area is 111 Å². The molecule has 1 fully saturated rings. The van der Waals surface area contributed by atoms with Gasteiger partial charge in [0.05, 0.1) is 12.7 Å². The van der Waals surface area contributed by atoms with Gasteiger partial charge in [-0.05, 0) is 37.4 Å². The number of hydrogen-bond donors (Lipinski definition) is 2. The maximum Gasteiger partial charge on any atom is 0.167 e. The zero-order valence-corrected chi connectivity index (χ0v) is 10.7. The third kappa shape index (κ3) is 4.14. The molecular weight excluding hydrogens is 252 g/mol. The summed E-state index contributed by atoms with van der Waals surface area (Å²) in [6.45, 7) is 2.03. The molecule has 0 aliphatic carbocycles. The van der Waals surface area contributed by atoms with Crippen molar-refractivity contribution in [2.75, 3.05) is 19.7 Å². The molecule has 5 heteroatoms. The van der Waals surface area contributed by atoms with E-state index < -0.39 is 17.7 Å². The maximum absolute atomic E-state index is 13.3. The number of hydrogen-bond acceptors (Lipinski definition) is 3. The van der Waals surface area contributed by atoms with Gasteiger partial charge in [-0.3, -0.25) is 0 Å². The molecule has 2 atom stereocenters. The highest BCUT2D eigenvalue weighted by molar-refractivity contribution is 5.24. The van der Waals surface area contributed by atoms with E-state index in [-0.39, 0.29) is 18.3 Å². The Balaban J connectivity index is 1.76. The minimum atomic E-state index is -0.714. The number of nitrogens with one attached hydrogen (secondary N) is 1. The Hall–Kier alpha value is -1.20. The van der Waals surface area contributed by atoms with Crippen molar-refractivity contribution in [2.45, 2.75) is 25.4 Å². The van der Waals surface area contributed by atoms with Crippen molar-refractivity contribution >= 4 is 0 Å². The third-order valence-electron chi connectivity index (χ3n) is 3.44. The summed E-state index contributed by atoms with van der Waals surface area (Å²) in [5.41, 5.74) is 0. The van der Waals surface area contributed by atoms with Crippen LogP contribution in [0.4, 0.5) is 8.78 Å². The second kappa shape index (κ2) is 6.82. The Morgan fingerprint density at radius 1 is 1.42 bits per heavy atom. The summed E-state index contributed by atoms with van der Waals surface area (Å²) in [5.74, 6) is -1.09. The molecule has 2 N–H and O–H groups in total. The van der Waals surface area contributed by atoms with E-state index in [1.54, 1.807) is 0 Å². The lowest BCUT2D eigenvalue weighted by atomic mass is 9.92. The maximum atomic E-state index is 13.3. The number of aliphatic hydroxyl groups is 1. The summed E-state index contributed by atoms with van der Waals surface area (Å²) in [6.07, 6.45) is 2.06. The van der Waals surface area contributed by atoms with Crippen LogP contribution in [0.15, 0.2) is 18.2 Å². The average Bonchev–Trinajstić information content (AvgIpc) is 2.42. The first kappa shape index (κ1) is 14.2. The van der Waals surface area contributed by atoms with E-state index in [0.29, 0.717) is 6.42 Å². The van der Waals surface area contributed by atoms with Crippen molar-refractivity contribution in [3.05, 3.63) is 29.8 Å². The number of piperidine rings is 1. The van der Waals surface area contributed by atoms with Gasteiger partial charge in [-0.1, -0.05) is 0 Å². The van der Waals surface area contributed by atoms with Gasteiger partial charge in [0.1, 0.15) is 5.82 Å². The molecule has 19 heavy (non-hydrogen) atoms. The van der Waals surface area contributed by atoms with Crippen LogP contribution in [0.25, 0.3) is 0 Å². The molecule has 1 aliphatic rings. The van der Waals surface area contributed by atoms with Crippen molar-refractivity contribution in [3.63, 3.8) is 0 Å². The number of halogens is 2. The standard InChI is InChI=1S/C14H19F2NO2/c15-11-3-4-14(12(16)8-11)19-7-5-13(18)10-2-1-6-17-9-10/h3-4,8,10,13,17-18H,1-2,5-7,9H2. The fraction of sp³-hybridized carbons (Fsp3) is 0.571. The fourth-order valence-corrected chi connectivity index (χ4v) is 2.32. The Morgan fingerprint density at radius 3 is 2.95 bits per heavy atom. The van der Waals surface area contributed by atoms with Gasteiger partial charge >= 0.3 is 0 Å². The first-order valence-corrected chi connectivity index (χ1v) is 6.63. The SMILES string of the molecule is OC(CCOc1ccc(F)cc1F)C1CCCNC1. The number of benzene rings is 1. The molecule has 1 aromatic carbocycles. The lowest BCUT2D eigenvalue weighted by Crippen LogP contribution is -2.37. The summed E-state index contributed by atoms with van der Waals surface area (Å²) in [4.78, 5) is 0. The van der Waals surface area contributed by atoms with Crippen LogP contribution in [0, 0.1) is 17.6 Å². The van der Waals surface area contributed by atoms with Gasteiger partial charge in [-0.25, -0.2) is 8.78 Å². The second-order valence-electron chi connectivity index (χ2n) is 4.89. The lowest BCUT2D eigenvalue weighted by Gasteiger charge is -2.27. The fourth-order valence-electron chi connectivity index (χ4n) is 2.32. The molecule has 2 rings (SSSR count). The van der Waals surface area contributed by atoms with Crippen molar-refractivity contribution < 1.29 is 18.6 Å². The van der Waals surface area contributed by atoms with Crippen LogP contribution in [-0.2, 0) is 0 Å². The Kier molecular flexibility index (Phi) is 5.10. The molecule has 1 aromatic rings. The summed E-state index contributed by atoms with van der Waals surface area (Å²) in [5, 5.41) is 13.2. The first-order valence-electron chi connectivity index (χ1n) is 6.63. The number of rotatable bonds is 5. The lowest BCUT2D eigenvalue weighted by molar-refractivity contribution is 0.0696. The van der Waals surface area contributed by atoms with Gasteiger partial charge in [0, 0.05) is 19.0 Å². The summed E-state index contributed by atoms with van der Waals surface area (Å²) >= 11 is 0. The van der Waals surface area contributed by atoms with Gasteiger partial charge in [0.15, 0.2) is 11.6 Å². The van der Waals surface area contributed by atoms with E-state index >= 15 is 0 Å². The molecule has 0 amide bonds. The monoisotopic (exact) mass is 271 g/mol. The van der Waals surface area contributed by atoms with Crippen LogP contribution in [0.1, 0.15) is 19.3 Å². The molecular formula is C14H19F2NO2. The molecule has 0 radical (unpaired) electrons. The average molecular weight is 271 g/mol. The van der Waals surface area contributed by atoms with Crippen LogP contribution in [0.3, 0.4) is 0 Å². The van der Waals surface area contributed by atoms with Gasteiger partial charge < -0.3 is 15.2 Å². The predicted octanol–water partition coefficient (Wildman–Crippen LogP) is 2.09. The van der Waals surface area contributed by atoms with E-state index in [9.17, 15) is 13.9 Å². The smallest absolute Gasteiger partial charge is 0.167 e. The zero-order valence-electron chi connectivity index (χ0n) is 10.7. The highest BCUT2D eigenvalue weighted by Crippen LogP contribution is 2.20. The van der Waals surface area contributed by atoms with E-state index in [0.717, 1.165) is 38.1 Å². The van der Waals surface area contributed by atoms with Crippen molar-refractivity contribution in [1.29, 1.82) is 0 Å². The molecule has 1 aliphatic heterocycles. The molecule has 2 unspecified atom stereocenters. The molecule has 0 spiro atoms. The summed E-state index contributed by atoms with van der Waals surface area (Å²) < 4.78 is 31.2. The normalized spacial score (nSPS) is 21.1. The van der Waals surface area contributed by atoms with Gasteiger partial charge in [0.25, 0.3) is 0 Å². The highest BCUT2D eigenvalue weighted by atomic mass is 19.1. The number of ether oxygens (including phenoxy) is 1.